The molecule has 4 rings (SSSR count). The van der Waals surface area contributed by atoms with Crippen LogP contribution in [0.3, 0.4) is 0 Å². The fourth-order valence-electron chi connectivity index (χ4n) is 4.04. The number of benzene rings is 2. The standard InChI is InChI=1S/C28H33NO3/c1-18-6-11-22(28(2,3)4)16-21(18)17-24-14-15-25(32-24)27(30)29-26(19-7-8-19)20-9-12-23(31-5)13-10-20/h6,9-16,19,26H,7-8,17H2,1-5H3,(H,29,30). The fourth-order valence-corrected chi connectivity index (χ4v) is 4.04. The first-order valence-corrected chi connectivity index (χ1v) is 11.4. The Kier molecular flexibility index (Phi) is 6.14. The number of hydrogen-bond donors (Lipinski definition) is 1. The fraction of sp³-hybridized carbons (Fsp3) is 0.393. The van der Waals surface area contributed by atoms with Gasteiger partial charge in [0, 0.05) is 6.42 Å². The molecule has 1 amide bonds. The molecule has 32 heavy (non-hydrogen) atoms. The maximum atomic E-state index is 13.0. The lowest BCUT2D eigenvalue weighted by molar-refractivity contribution is 0.0902. The van der Waals surface area contributed by atoms with Crippen LogP contribution in [0.4, 0.5) is 0 Å². The van der Waals surface area contributed by atoms with Gasteiger partial charge in [0.15, 0.2) is 5.76 Å². The number of hydrogen-bond acceptors (Lipinski definition) is 3. The van der Waals surface area contributed by atoms with E-state index in [1.807, 2.05) is 30.3 Å². The van der Waals surface area contributed by atoms with Gasteiger partial charge >= 0.3 is 0 Å². The second kappa shape index (κ2) is 8.85. The summed E-state index contributed by atoms with van der Waals surface area (Å²) >= 11 is 0. The average molecular weight is 432 g/mol. The molecule has 4 nitrogen and oxygen atoms in total. The van der Waals surface area contributed by atoms with E-state index in [2.05, 4.69) is 51.2 Å². The minimum absolute atomic E-state index is 0.00679. The third-order valence-electron chi connectivity index (χ3n) is 6.32. The summed E-state index contributed by atoms with van der Waals surface area (Å²) in [5, 5.41) is 3.19. The summed E-state index contributed by atoms with van der Waals surface area (Å²) in [4.78, 5) is 13.0. The molecule has 1 aromatic heterocycles. The van der Waals surface area contributed by atoms with Crippen LogP contribution in [-0.4, -0.2) is 13.0 Å². The van der Waals surface area contributed by atoms with Crippen LogP contribution in [0.2, 0.25) is 0 Å². The van der Waals surface area contributed by atoms with E-state index in [0.717, 1.165) is 29.9 Å². The van der Waals surface area contributed by atoms with Crippen molar-refractivity contribution in [2.75, 3.05) is 7.11 Å². The molecule has 0 aliphatic heterocycles. The first-order valence-electron chi connectivity index (χ1n) is 11.4. The van der Waals surface area contributed by atoms with Crippen LogP contribution in [0.1, 0.15) is 78.2 Å². The number of amides is 1. The van der Waals surface area contributed by atoms with Gasteiger partial charge in [-0.15, -0.1) is 0 Å². The number of carbonyl (C=O) groups excluding carboxylic acids is 1. The summed E-state index contributed by atoms with van der Waals surface area (Å²) in [6, 6.07) is 18.2. The number of aryl methyl sites for hydroxylation is 1. The lowest BCUT2D eigenvalue weighted by atomic mass is 9.85. The molecule has 0 spiro atoms. The van der Waals surface area contributed by atoms with Gasteiger partial charge in [0.05, 0.1) is 13.2 Å². The molecule has 1 N–H and O–H groups in total. The van der Waals surface area contributed by atoms with Crippen molar-refractivity contribution in [1.29, 1.82) is 0 Å². The molecule has 3 aromatic rings. The van der Waals surface area contributed by atoms with Crippen molar-refractivity contribution in [3.8, 4) is 5.75 Å². The smallest absolute Gasteiger partial charge is 0.287 e. The van der Waals surface area contributed by atoms with Gasteiger partial charge in [-0.2, -0.15) is 0 Å². The van der Waals surface area contributed by atoms with E-state index in [1.54, 1.807) is 13.2 Å². The molecular formula is C28H33NO3. The van der Waals surface area contributed by atoms with Crippen LogP contribution < -0.4 is 10.1 Å². The molecular weight excluding hydrogens is 398 g/mol. The maximum Gasteiger partial charge on any atom is 0.287 e. The van der Waals surface area contributed by atoms with Crippen LogP contribution in [0, 0.1) is 12.8 Å². The van der Waals surface area contributed by atoms with Crippen molar-refractivity contribution in [3.05, 3.63) is 88.4 Å². The van der Waals surface area contributed by atoms with Crippen molar-refractivity contribution in [2.45, 2.75) is 58.4 Å². The third-order valence-corrected chi connectivity index (χ3v) is 6.32. The van der Waals surface area contributed by atoms with Gasteiger partial charge in [-0.1, -0.05) is 51.1 Å². The van der Waals surface area contributed by atoms with Crippen LogP contribution in [-0.2, 0) is 11.8 Å². The van der Waals surface area contributed by atoms with Gasteiger partial charge in [0.25, 0.3) is 5.91 Å². The normalized spacial score (nSPS) is 14.8. The molecule has 1 atom stereocenters. The summed E-state index contributed by atoms with van der Waals surface area (Å²) < 4.78 is 11.2. The Hall–Kier alpha value is -3.01. The number of ether oxygens (including phenoxy) is 1. The SMILES string of the molecule is COc1ccc(C(NC(=O)c2ccc(Cc3cc(C(C)(C)C)ccc3C)o2)C2CC2)cc1. The van der Waals surface area contributed by atoms with Gasteiger partial charge in [0.1, 0.15) is 11.5 Å². The van der Waals surface area contributed by atoms with E-state index in [0.29, 0.717) is 18.1 Å². The predicted molar refractivity (Wildman–Crippen MR) is 127 cm³/mol. The zero-order chi connectivity index (χ0) is 22.9. The van der Waals surface area contributed by atoms with Crippen molar-refractivity contribution < 1.29 is 13.9 Å². The quantitative estimate of drug-likeness (QED) is 0.473. The number of nitrogens with one attached hydrogen (secondary N) is 1. The molecule has 1 fully saturated rings. The lowest BCUT2D eigenvalue weighted by Crippen LogP contribution is -2.29. The molecule has 0 saturated heterocycles. The predicted octanol–water partition coefficient (Wildman–Crippen LogP) is 6.37. The highest BCUT2D eigenvalue weighted by atomic mass is 16.5. The topological polar surface area (TPSA) is 51.5 Å². The van der Waals surface area contributed by atoms with E-state index >= 15 is 0 Å². The Morgan fingerprint density at radius 1 is 1.09 bits per heavy atom. The number of furan rings is 1. The van der Waals surface area contributed by atoms with E-state index < -0.39 is 0 Å². The second-order valence-corrected chi connectivity index (χ2v) is 9.90. The first kappa shape index (κ1) is 22.2. The van der Waals surface area contributed by atoms with Gasteiger partial charge in [0.2, 0.25) is 0 Å². The van der Waals surface area contributed by atoms with Crippen molar-refractivity contribution >= 4 is 5.91 Å². The number of rotatable bonds is 7. The molecule has 1 aliphatic carbocycles. The highest BCUT2D eigenvalue weighted by molar-refractivity contribution is 5.91. The van der Waals surface area contributed by atoms with Crippen LogP contribution in [0.5, 0.6) is 5.75 Å². The summed E-state index contributed by atoms with van der Waals surface area (Å²) in [5.74, 6) is 2.30. The monoisotopic (exact) mass is 431 g/mol. The summed E-state index contributed by atoms with van der Waals surface area (Å²) in [5.41, 5.74) is 4.95. The maximum absolute atomic E-state index is 13.0. The number of carbonyl (C=O) groups is 1. The zero-order valence-electron chi connectivity index (χ0n) is 19.7. The summed E-state index contributed by atoms with van der Waals surface area (Å²) in [6.45, 7) is 8.77. The minimum atomic E-state index is -0.163. The van der Waals surface area contributed by atoms with E-state index in [-0.39, 0.29) is 17.4 Å². The van der Waals surface area contributed by atoms with Crippen molar-refractivity contribution in [3.63, 3.8) is 0 Å². The van der Waals surface area contributed by atoms with Crippen LogP contribution in [0.25, 0.3) is 0 Å². The van der Waals surface area contributed by atoms with Gasteiger partial charge in [-0.25, -0.2) is 0 Å². The number of methoxy groups -OCH3 is 1. The second-order valence-electron chi connectivity index (χ2n) is 9.90. The van der Waals surface area contributed by atoms with Crippen molar-refractivity contribution in [1.82, 2.24) is 5.32 Å². The van der Waals surface area contributed by atoms with Crippen LogP contribution >= 0.6 is 0 Å². The first-order chi connectivity index (χ1) is 15.2. The van der Waals surface area contributed by atoms with Gasteiger partial charge in [-0.05, 0) is 77.6 Å². The molecule has 0 radical (unpaired) electrons. The summed E-state index contributed by atoms with van der Waals surface area (Å²) in [7, 11) is 1.66. The zero-order valence-corrected chi connectivity index (χ0v) is 19.7. The highest BCUT2D eigenvalue weighted by Gasteiger charge is 2.34. The molecule has 0 bridgehead atoms. The Morgan fingerprint density at radius 2 is 1.81 bits per heavy atom. The van der Waals surface area contributed by atoms with E-state index in [9.17, 15) is 4.79 Å². The molecule has 2 aromatic carbocycles. The molecule has 4 heteroatoms. The highest BCUT2D eigenvalue weighted by Crippen LogP contribution is 2.41. The van der Waals surface area contributed by atoms with Gasteiger partial charge < -0.3 is 14.5 Å². The average Bonchev–Trinajstić information content (AvgIpc) is 3.50. The third kappa shape index (κ3) is 5.07. The molecule has 1 saturated carbocycles. The summed E-state index contributed by atoms with van der Waals surface area (Å²) in [6.07, 6.45) is 2.93. The Bertz CT molecular complexity index is 1080. The van der Waals surface area contributed by atoms with E-state index in [1.165, 1.54) is 16.7 Å². The minimum Gasteiger partial charge on any atom is -0.497 e. The Balaban J connectivity index is 1.47. The van der Waals surface area contributed by atoms with E-state index in [4.69, 9.17) is 9.15 Å². The molecule has 1 unspecified atom stereocenters. The Labute approximate surface area is 191 Å². The Morgan fingerprint density at radius 3 is 2.44 bits per heavy atom. The molecule has 1 heterocycles. The molecule has 1 aliphatic rings. The largest absolute Gasteiger partial charge is 0.497 e. The van der Waals surface area contributed by atoms with Crippen molar-refractivity contribution in [2.24, 2.45) is 5.92 Å². The van der Waals surface area contributed by atoms with Gasteiger partial charge in [-0.3, -0.25) is 4.79 Å². The van der Waals surface area contributed by atoms with Crippen LogP contribution in [0.15, 0.2) is 59.0 Å². The lowest BCUT2D eigenvalue weighted by Gasteiger charge is -2.20. The molecule has 168 valence electrons.